The SMILES string of the molecule is CCN(CC)c1ccc(NC(=O)c2cccc(OCc3ccccc3)c2)cc1. The lowest BCUT2D eigenvalue weighted by Gasteiger charge is -2.21. The summed E-state index contributed by atoms with van der Waals surface area (Å²) in [5.74, 6) is 0.522. The van der Waals surface area contributed by atoms with Gasteiger partial charge >= 0.3 is 0 Å². The van der Waals surface area contributed by atoms with Gasteiger partial charge in [0.05, 0.1) is 0 Å². The van der Waals surface area contributed by atoms with Crippen molar-refractivity contribution in [1.29, 1.82) is 0 Å². The van der Waals surface area contributed by atoms with E-state index < -0.39 is 0 Å². The van der Waals surface area contributed by atoms with Gasteiger partial charge in [-0.25, -0.2) is 0 Å². The molecule has 144 valence electrons. The zero-order valence-corrected chi connectivity index (χ0v) is 16.4. The van der Waals surface area contributed by atoms with Crippen LogP contribution in [0.1, 0.15) is 29.8 Å². The van der Waals surface area contributed by atoms with Crippen molar-refractivity contribution >= 4 is 17.3 Å². The van der Waals surface area contributed by atoms with E-state index in [4.69, 9.17) is 4.74 Å². The largest absolute Gasteiger partial charge is 0.489 e. The number of benzene rings is 3. The molecule has 4 heteroatoms. The molecule has 4 nitrogen and oxygen atoms in total. The second-order valence-electron chi connectivity index (χ2n) is 6.48. The number of carbonyl (C=O) groups is 1. The Morgan fingerprint density at radius 3 is 2.29 bits per heavy atom. The summed E-state index contributed by atoms with van der Waals surface area (Å²) < 4.78 is 5.81. The Kier molecular flexibility index (Phi) is 6.68. The van der Waals surface area contributed by atoms with Gasteiger partial charge < -0.3 is 15.0 Å². The zero-order valence-electron chi connectivity index (χ0n) is 16.4. The van der Waals surface area contributed by atoms with E-state index in [1.807, 2.05) is 66.7 Å². The fourth-order valence-electron chi connectivity index (χ4n) is 3.02. The third-order valence-electron chi connectivity index (χ3n) is 4.60. The van der Waals surface area contributed by atoms with Crippen LogP contribution in [0, 0.1) is 0 Å². The van der Waals surface area contributed by atoms with E-state index in [-0.39, 0.29) is 5.91 Å². The third kappa shape index (κ3) is 5.13. The van der Waals surface area contributed by atoms with Gasteiger partial charge in [0, 0.05) is 30.0 Å². The maximum atomic E-state index is 12.6. The fourth-order valence-corrected chi connectivity index (χ4v) is 3.02. The predicted octanol–water partition coefficient (Wildman–Crippen LogP) is 5.36. The molecule has 0 atom stereocenters. The Hall–Kier alpha value is -3.27. The quantitative estimate of drug-likeness (QED) is 0.577. The van der Waals surface area contributed by atoms with Gasteiger partial charge in [0.25, 0.3) is 5.91 Å². The van der Waals surface area contributed by atoms with Gasteiger partial charge in [-0.05, 0) is 61.9 Å². The van der Waals surface area contributed by atoms with Crippen LogP contribution in [0.5, 0.6) is 5.75 Å². The van der Waals surface area contributed by atoms with Crippen molar-refractivity contribution in [1.82, 2.24) is 0 Å². The molecule has 0 aliphatic heterocycles. The van der Waals surface area contributed by atoms with Crippen molar-refractivity contribution in [3.63, 3.8) is 0 Å². The van der Waals surface area contributed by atoms with Crippen LogP contribution >= 0.6 is 0 Å². The van der Waals surface area contributed by atoms with Crippen LogP contribution in [0.3, 0.4) is 0 Å². The summed E-state index contributed by atoms with van der Waals surface area (Å²) in [4.78, 5) is 14.9. The minimum Gasteiger partial charge on any atom is -0.489 e. The maximum Gasteiger partial charge on any atom is 0.255 e. The molecular formula is C24H26N2O2. The number of nitrogens with zero attached hydrogens (tertiary/aromatic N) is 1. The van der Waals surface area contributed by atoms with Crippen molar-refractivity contribution in [2.24, 2.45) is 0 Å². The summed E-state index contributed by atoms with van der Waals surface area (Å²) in [5.41, 5.74) is 3.58. The molecule has 0 aliphatic rings. The molecule has 0 unspecified atom stereocenters. The number of hydrogen-bond acceptors (Lipinski definition) is 3. The van der Waals surface area contributed by atoms with E-state index in [0.717, 1.165) is 30.0 Å². The van der Waals surface area contributed by atoms with E-state index >= 15 is 0 Å². The third-order valence-corrected chi connectivity index (χ3v) is 4.60. The molecule has 0 saturated carbocycles. The summed E-state index contributed by atoms with van der Waals surface area (Å²) in [7, 11) is 0. The molecule has 0 aliphatic carbocycles. The van der Waals surface area contributed by atoms with E-state index in [9.17, 15) is 4.79 Å². The first-order chi connectivity index (χ1) is 13.7. The molecule has 0 bridgehead atoms. The lowest BCUT2D eigenvalue weighted by molar-refractivity contribution is 0.102. The molecule has 0 aromatic heterocycles. The Morgan fingerprint density at radius 2 is 1.61 bits per heavy atom. The molecule has 0 fully saturated rings. The monoisotopic (exact) mass is 374 g/mol. The van der Waals surface area contributed by atoms with Crippen molar-refractivity contribution in [3.05, 3.63) is 90.0 Å². The first-order valence-electron chi connectivity index (χ1n) is 9.62. The van der Waals surface area contributed by atoms with Crippen molar-refractivity contribution < 1.29 is 9.53 Å². The number of ether oxygens (including phenoxy) is 1. The topological polar surface area (TPSA) is 41.6 Å². The Labute approximate surface area is 166 Å². The first-order valence-corrected chi connectivity index (χ1v) is 9.62. The maximum absolute atomic E-state index is 12.6. The normalized spacial score (nSPS) is 10.4. The highest BCUT2D eigenvalue weighted by atomic mass is 16.5. The minimum absolute atomic E-state index is 0.152. The number of anilines is 2. The van der Waals surface area contributed by atoms with Crippen LogP contribution in [0.4, 0.5) is 11.4 Å². The summed E-state index contributed by atoms with van der Waals surface area (Å²) in [6.07, 6.45) is 0. The number of amides is 1. The van der Waals surface area contributed by atoms with E-state index in [1.165, 1.54) is 0 Å². The van der Waals surface area contributed by atoms with Crippen molar-refractivity contribution in [2.75, 3.05) is 23.3 Å². The highest BCUT2D eigenvalue weighted by Gasteiger charge is 2.08. The Morgan fingerprint density at radius 1 is 0.893 bits per heavy atom. The average Bonchev–Trinajstić information content (AvgIpc) is 2.75. The molecule has 3 aromatic rings. The second-order valence-corrected chi connectivity index (χ2v) is 6.48. The van der Waals surface area contributed by atoms with Crippen LogP contribution in [0.15, 0.2) is 78.9 Å². The molecule has 0 saturated heterocycles. The molecular weight excluding hydrogens is 348 g/mol. The molecule has 0 heterocycles. The molecule has 3 rings (SSSR count). The van der Waals surface area contributed by atoms with Gasteiger partial charge in [0.2, 0.25) is 0 Å². The molecule has 3 aromatic carbocycles. The summed E-state index contributed by atoms with van der Waals surface area (Å²) in [6, 6.07) is 25.1. The van der Waals surface area contributed by atoms with Crippen LogP contribution in [0.25, 0.3) is 0 Å². The second kappa shape index (κ2) is 9.60. The molecule has 0 spiro atoms. The number of nitrogens with one attached hydrogen (secondary N) is 1. The van der Waals surface area contributed by atoms with Gasteiger partial charge in [-0.3, -0.25) is 4.79 Å². The molecule has 0 radical (unpaired) electrons. The van der Waals surface area contributed by atoms with Gasteiger partial charge in [0.15, 0.2) is 0 Å². The minimum atomic E-state index is -0.152. The molecule has 28 heavy (non-hydrogen) atoms. The highest BCUT2D eigenvalue weighted by molar-refractivity contribution is 6.04. The predicted molar refractivity (Wildman–Crippen MR) is 115 cm³/mol. The average molecular weight is 374 g/mol. The van der Waals surface area contributed by atoms with E-state index in [2.05, 4.69) is 24.1 Å². The van der Waals surface area contributed by atoms with Crippen LogP contribution in [-0.2, 0) is 6.61 Å². The summed E-state index contributed by atoms with van der Waals surface area (Å²) >= 11 is 0. The number of carbonyl (C=O) groups excluding carboxylic acids is 1. The van der Waals surface area contributed by atoms with Crippen LogP contribution < -0.4 is 15.0 Å². The summed E-state index contributed by atoms with van der Waals surface area (Å²) in [6.45, 7) is 6.65. The lowest BCUT2D eigenvalue weighted by atomic mass is 10.2. The number of hydrogen-bond donors (Lipinski definition) is 1. The van der Waals surface area contributed by atoms with Crippen molar-refractivity contribution in [2.45, 2.75) is 20.5 Å². The summed E-state index contributed by atoms with van der Waals surface area (Å²) in [5, 5.41) is 2.95. The van der Waals surface area contributed by atoms with Gasteiger partial charge in [-0.1, -0.05) is 36.4 Å². The van der Waals surface area contributed by atoms with Gasteiger partial charge in [-0.2, -0.15) is 0 Å². The van der Waals surface area contributed by atoms with Crippen LogP contribution in [-0.4, -0.2) is 19.0 Å². The van der Waals surface area contributed by atoms with Crippen molar-refractivity contribution in [3.8, 4) is 5.75 Å². The molecule has 1 amide bonds. The zero-order chi connectivity index (χ0) is 19.8. The Balaban J connectivity index is 1.62. The van der Waals surface area contributed by atoms with E-state index in [0.29, 0.717) is 17.9 Å². The van der Waals surface area contributed by atoms with Crippen LogP contribution in [0.2, 0.25) is 0 Å². The Bertz CT molecular complexity index is 888. The highest BCUT2D eigenvalue weighted by Crippen LogP contribution is 2.20. The van der Waals surface area contributed by atoms with E-state index in [1.54, 1.807) is 12.1 Å². The smallest absolute Gasteiger partial charge is 0.255 e. The van der Waals surface area contributed by atoms with Gasteiger partial charge in [0.1, 0.15) is 12.4 Å². The lowest BCUT2D eigenvalue weighted by Crippen LogP contribution is -2.21. The standard InChI is InChI=1S/C24H26N2O2/c1-3-26(4-2)22-15-13-21(14-16-22)25-24(27)20-11-8-12-23(17-20)28-18-19-9-6-5-7-10-19/h5-17H,3-4,18H2,1-2H3,(H,25,27). The molecule has 1 N–H and O–H groups in total. The first kappa shape index (κ1) is 19.5. The fraction of sp³-hybridized carbons (Fsp3) is 0.208. The van der Waals surface area contributed by atoms with Gasteiger partial charge in [-0.15, -0.1) is 0 Å². The number of rotatable bonds is 8.